The number of aromatic nitrogens is 2. The Balaban J connectivity index is 0.00000192. The Morgan fingerprint density at radius 1 is 1.39 bits per heavy atom. The average molecular weight is 339 g/mol. The van der Waals surface area contributed by atoms with E-state index >= 15 is 0 Å². The van der Waals surface area contributed by atoms with Crippen LogP contribution in [0.2, 0.25) is 0 Å². The van der Waals surface area contributed by atoms with Gasteiger partial charge >= 0.3 is 0 Å². The van der Waals surface area contributed by atoms with Gasteiger partial charge < -0.3 is 10.2 Å². The molecule has 4 nitrogen and oxygen atoms in total. The number of anilines is 1. The van der Waals surface area contributed by atoms with E-state index in [9.17, 15) is 4.39 Å². The SMILES string of the molecule is Cc1nn(C)c(N(C)C)c1CNC1CCc2cc(F)ccc21.Cl. The van der Waals surface area contributed by atoms with E-state index in [0.29, 0.717) is 6.04 Å². The number of rotatable bonds is 4. The zero-order valence-corrected chi connectivity index (χ0v) is 14.9. The van der Waals surface area contributed by atoms with Gasteiger partial charge in [-0.2, -0.15) is 5.10 Å². The van der Waals surface area contributed by atoms with Crippen molar-refractivity contribution >= 4 is 18.2 Å². The van der Waals surface area contributed by atoms with Crippen molar-refractivity contribution in [3.05, 3.63) is 46.4 Å². The van der Waals surface area contributed by atoms with Gasteiger partial charge in [-0.1, -0.05) is 6.07 Å². The smallest absolute Gasteiger partial charge is 0.130 e. The molecule has 0 spiro atoms. The summed E-state index contributed by atoms with van der Waals surface area (Å²) >= 11 is 0. The molecule has 1 N–H and O–H groups in total. The van der Waals surface area contributed by atoms with Crippen molar-refractivity contribution in [1.82, 2.24) is 15.1 Å². The number of hydrogen-bond donors (Lipinski definition) is 1. The molecule has 1 aromatic heterocycles. The highest BCUT2D eigenvalue weighted by molar-refractivity contribution is 5.85. The lowest BCUT2D eigenvalue weighted by molar-refractivity contribution is 0.529. The van der Waals surface area contributed by atoms with Crippen molar-refractivity contribution in [3.63, 3.8) is 0 Å². The van der Waals surface area contributed by atoms with Crippen LogP contribution in [0.25, 0.3) is 0 Å². The van der Waals surface area contributed by atoms with Crippen LogP contribution in [0, 0.1) is 12.7 Å². The largest absolute Gasteiger partial charge is 0.363 e. The van der Waals surface area contributed by atoms with Crippen LogP contribution in [-0.4, -0.2) is 23.9 Å². The van der Waals surface area contributed by atoms with Crippen LogP contribution in [0.1, 0.15) is 34.8 Å². The van der Waals surface area contributed by atoms with Crippen molar-refractivity contribution in [3.8, 4) is 0 Å². The van der Waals surface area contributed by atoms with Crippen molar-refractivity contribution in [1.29, 1.82) is 0 Å². The maximum Gasteiger partial charge on any atom is 0.130 e. The standard InChI is InChI=1S/C17H23FN4.ClH/c1-11-15(17(21(2)3)22(4)20-11)10-19-16-8-5-12-9-13(18)6-7-14(12)16;/h6-7,9,16,19H,5,8,10H2,1-4H3;1H. The summed E-state index contributed by atoms with van der Waals surface area (Å²) in [6, 6.07) is 5.43. The maximum absolute atomic E-state index is 13.3. The van der Waals surface area contributed by atoms with E-state index in [1.807, 2.05) is 38.8 Å². The van der Waals surface area contributed by atoms with Crippen LogP contribution >= 0.6 is 12.4 Å². The average Bonchev–Trinajstić information content (AvgIpc) is 2.96. The van der Waals surface area contributed by atoms with E-state index in [0.717, 1.165) is 36.5 Å². The molecule has 2 aromatic rings. The summed E-state index contributed by atoms with van der Waals surface area (Å²) in [5.74, 6) is 0.986. The molecule has 1 unspecified atom stereocenters. The van der Waals surface area contributed by atoms with Gasteiger partial charge in [0.1, 0.15) is 11.6 Å². The summed E-state index contributed by atoms with van der Waals surface area (Å²) in [6.45, 7) is 2.82. The number of nitrogens with zero attached hydrogens (tertiary/aromatic N) is 3. The first-order chi connectivity index (χ1) is 10.5. The Kier molecular flexibility index (Phi) is 5.32. The molecule has 23 heavy (non-hydrogen) atoms. The second-order valence-corrected chi connectivity index (χ2v) is 6.22. The second kappa shape index (κ2) is 6.89. The van der Waals surface area contributed by atoms with Crippen LogP contribution in [0.5, 0.6) is 0 Å². The third-order valence-electron chi connectivity index (χ3n) is 4.44. The molecule has 126 valence electrons. The molecule has 1 aliphatic rings. The van der Waals surface area contributed by atoms with Gasteiger partial charge in [0, 0.05) is 39.3 Å². The summed E-state index contributed by atoms with van der Waals surface area (Å²) in [5.41, 5.74) is 4.64. The topological polar surface area (TPSA) is 33.1 Å². The van der Waals surface area contributed by atoms with E-state index in [4.69, 9.17) is 0 Å². The van der Waals surface area contributed by atoms with Gasteiger partial charge in [-0.15, -0.1) is 12.4 Å². The lowest BCUT2D eigenvalue weighted by Crippen LogP contribution is -2.21. The Morgan fingerprint density at radius 2 is 2.13 bits per heavy atom. The minimum absolute atomic E-state index is 0. The van der Waals surface area contributed by atoms with Crippen LogP contribution in [-0.2, 0) is 20.0 Å². The fourth-order valence-electron chi connectivity index (χ4n) is 3.48. The summed E-state index contributed by atoms with van der Waals surface area (Å²) in [7, 11) is 6.04. The lowest BCUT2D eigenvalue weighted by atomic mass is 10.1. The molecule has 6 heteroatoms. The quantitative estimate of drug-likeness (QED) is 0.929. The van der Waals surface area contributed by atoms with E-state index in [1.165, 1.54) is 11.1 Å². The molecule has 1 aromatic carbocycles. The van der Waals surface area contributed by atoms with E-state index in [-0.39, 0.29) is 18.2 Å². The highest BCUT2D eigenvalue weighted by Crippen LogP contribution is 2.32. The monoisotopic (exact) mass is 338 g/mol. The van der Waals surface area contributed by atoms with Crippen LogP contribution in [0.3, 0.4) is 0 Å². The molecule has 0 fully saturated rings. The third-order valence-corrected chi connectivity index (χ3v) is 4.44. The minimum atomic E-state index is -0.141. The molecular weight excluding hydrogens is 315 g/mol. The summed E-state index contributed by atoms with van der Waals surface area (Å²) < 4.78 is 15.2. The zero-order chi connectivity index (χ0) is 15.9. The Morgan fingerprint density at radius 3 is 2.83 bits per heavy atom. The normalized spacial score (nSPS) is 16.1. The lowest BCUT2D eigenvalue weighted by Gasteiger charge is -2.18. The summed E-state index contributed by atoms with van der Waals surface area (Å²) in [4.78, 5) is 2.09. The maximum atomic E-state index is 13.3. The van der Waals surface area contributed by atoms with Crippen molar-refractivity contribution < 1.29 is 4.39 Å². The van der Waals surface area contributed by atoms with Gasteiger partial charge in [0.25, 0.3) is 0 Å². The van der Waals surface area contributed by atoms with Gasteiger partial charge in [-0.3, -0.25) is 4.68 Å². The van der Waals surface area contributed by atoms with Gasteiger partial charge in [-0.05, 0) is 43.0 Å². The number of nitrogens with one attached hydrogen (secondary N) is 1. The van der Waals surface area contributed by atoms with Crippen LogP contribution < -0.4 is 10.2 Å². The van der Waals surface area contributed by atoms with E-state index in [2.05, 4.69) is 15.3 Å². The van der Waals surface area contributed by atoms with Gasteiger partial charge in [0.05, 0.1) is 5.69 Å². The molecule has 0 saturated carbocycles. The van der Waals surface area contributed by atoms with Gasteiger partial charge in [-0.25, -0.2) is 4.39 Å². The number of benzene rings is 1. The molecule has 0 bridgehead atoms. The van der Waals surface area contributed by atoms with Crippen molar-refractivity contribution in [2.24, 2.45) is 7.05 Å². The molecule has 3 rings (SSSR count). The Labute approximate surface area is 143 Å². The zero-order valence-electron chi connectivity index (χ0n) is 14.1. The number of hydrogen-bond acceptors (Lipinski definition) is 3. The molecule has 0 aliphatic heterocycles. The second-order valence-electron chi connectivity index (χ2n) is 6.22. The fraction of sp³-hybridized carbons (Fsp3) is 0.471. The van der Waals surface area contributed by atoms with Gasteiger partial charge in [0.2, 0.25) is 0 Å². The fourth-order valence-corrected chi connectivity index (χ4v) is 3.48. The highest BCUT2D eigenvalue weighted by Gasteiger charge is 2.23. The predicted molar refractivity (Wildman–Crippen MR) is 93.8 cm³/mol. The van der Waals surface area contributed by atoms with E-state index < -0.39 is 0 Å². The van der Waals surface area contributed by atoms with Crippen molar-refractivity contribution in [2.45, 2.75) is 32.4 Å². The molecule has 1 heterocycles. The molecular formula is C17H24ClFN4. The summed E-state index contributed by atoms with van der Waals surface area (Å²) in [6.07, 6.45) is 1.96. The van der Waals surface area contributed by atoms with E-state index in [1.54, 1.807) is 12.1 Å². The van der Waals surface area contributed by atoms with Crippen LogP contribution in [0.4, 0.5) is 10.2 Å². The Hall–Kier alpha value is -1.59. The number of aryl methyl sites for hydroxylation is 3. The highest BCUT2D eigenvalue weighted by atomic mass is 35.5. The third kappa shape index (κ3) is 3.35. The molecule has 0 saturated heterocycles. The summed E-state index contributed by atoms with van der Waals surface area (Å²) in [5, 5.41) is 8.14. The molecule has 1 aliphatic carbocycles. The first kappa shape index (κ1) is 17.8. The first-order valence-corrected chi connectivity index (χ1v) is 7.69. The first-order valence-electron chi connectivity index (χ1n) is 7.69. The number of halogens is 2. The predicted octanol–water partition coefficient (Wildman–Crippen LogP) is 3.13. The van der Waals surface area contributed by atoms with Crippen molar-refractivity contribution in [2.75, 3.05) is 19.0 Å². The number of fused-ring (bicyclic) bond motifs is 1. The molecule has 0 amide bonds. The minimum Gasteiger partial charge on any atom is -0.363 e. The van der Waals surface area contributed by atoms with Crippen LogP contribution in [0.15, 0.2) is 18.2 Å². The Bertz CT molecular complexity index is 696. The molecule has 0 radical (unpaired) electrons. The molecule has 1 atom stereocenters. The van der Waals surface area contributed by atoms with Gasteiger partial charge in [0.15, 0.2) is 0 Å².